The maximum atomic E-state index is 5.43. The van der Waals surface area contributed by atoms with Crippen LogP contribution in [0.3, 0.4) is 0 Å². The summed E-state index contributed by atoms with van der Waals surface area (Å²) in [5.41, 5.74) is 5.40. The van der Waals surface area contributed by atoms with E-state index in [9.17, 15) is 0 Å². The van der Waals surface area contributed by atoms with Crippen molar-refractivity contribution in [2.45, 2.75) is 39.2 Å². The monoisotopic (exact) mass is 301 g/mol. The molecular formula is C18H23NOS. The van der Waals surface area contributed by atoms with Gasteiger partial charge in [0, 0.05) is 9.75 Å². The summed E-state index contributed by atoms with van der Waals surface area (Å²) < 4.78 is 5.43. The zero-order valence-electron chi connectivity index (χ0n) is 13.2. The molecule has 2 nitrogen and oxygen atoms in total. The van der Waals surface area contributed by atoms with E-state index < -0.39 is 0 Å². The van der Waals surface area contributed by atoms with Crippen molar-refractivity contribution >= 4 is 11.3 Å². The molecule has 2 aromatic rings. The zero-order valence-corrected chi connectivity index (χ0v) is 14.1. The minimum atomic E-state index is 0.283. The van der Waals surface area contributed by atoms with Gasteiger partial charge in [-0.05, 0) is 74.5 Å². The molecule has 1 aromatic heterocycles. The quantitative estimate of drug-likeness (QED) is 0.915. The fourth-order valence-corrected chi connectivity index (χ4v) is 4.68. The van der Waals surface area contributed by atoms with Gasteiger partial charge in [0.25, 0.3) is 0 Å². The first kappa shape index (κ1) is 14.6. The summed E-state index contributed by atoms with van der Waals surface area (Å²) in [6.07, 6.45) is 3.84. The average molecular weight is 301 g/mol. The number of hydrogen-bond acceptors (Lipinski definition) is 3. The van der Waals surface area contributed by atoms with Crippen LogP contribution >= 0.6 is 11.3 Å². The molecule has 0 aliphatic heterocycles. The van der Waals surface area contributed by atoms with Crippen molar-refractivity contribution < 1.29 is 4.74 Å². The fraction of sp³-hybridized carbons (Fsp3) is 0.444. The second kappa shape index (κ2) is 5.82. The van der Waals surface area contributed by atoms with Crippen LogP contribution in [0, 0.1) is 13.8 Å². The Morgan fingerprint density at radius 2 is 1.95 bits per heavy atom. The number of ether oxygens (including phenoxy) is 1. The minimum absolute atomic E-state index is 0.283. The van der Waals surface area contributed by atoms with Crippen molar-refractivity contribution in [2.75, 3.05) is 14.2 Å². The predicted molar refractivity (Wildman–Crippen MR) is 89.7 cm³/mol. The fourth-order valence-electron chi connectivity index (χ4n) is 3.29. The van der Waals surface area contributed by atoms with Crippen molar-refractivity contribution in [3.63, 3.8) is 0 Å². The average Bonchev–Trinajstić information content (AvgIpc) is 3.04. The van der Waals surface area contributed by atoms with Gasteiger partial charge in [0.1, 0.15) is 5.75 Å². The number of rotatable bonds is 4. The van der Waals surface area contributed by atoms with Crippen molar-refractivity contribution in [1.29, 1.82) is 0 Å². The number of hydrogen-bond donors (Lipinski definition) is 1. The molecule has 0 fully saturated rings. The Morgan fingerprint density at radius 3 is 2.62 bits per heavy atom. The Morgan fingerprint density at radius 1 is 1.14 bits per heavy atom. The highest BCUT2D eigenvalue weighted by Crippen LogP contribution is 2.37. The number of thiophene rings is 1. The molecule has 1 heterocycles. The smallest absolute Gasteiger partial charge is 0.122 e. The minimum Gasteiger partial charge on any atom is -0.496 e. The van der Waals surface area contributed by atoms with Crippen LogP contribution in [0.2, 0.25) is 0 Å². The number of methoxy groups -OCH3 is 1. The Bertz CT molecular complexity index is 638. The highest BCUT2D eigenvalue weighted by atomic mass is 32.1. The first-order valence-electron chi connectivity index (χ1n) is 7.58. The number of nitrogens with one attached hydrogen (secondary N) is 1. The predicted octanol–water partition coefficient (Wildman–Crippen LogP) is 4.17. The topological polar surface area (TPSA) is 21.3 Å². The van der Waals surface area contributed by atoms with Crippen LogP contribution in [0.5, 0.6) is 5.75 Å². The molecule has 0 spiro atoms. The summed E-state index contributed by atoms with van der Waals surface area (Å²) in [6, 6.07) is 7.11. The van der Waals surface area contributed by atoms with E-state index >= 15 is 0 Å². The highest BCUT2D eigenvalue weighted by Gasteiger charge is 2.22. The molecule has 0 saturated heterocycles. The van der Waals surface area contributed by atoms with E-state index in [-0.39, 0.29) is 6.04 Å². The summed E-state index contributed by atoms with van der Waals surface area (Å²) in [7, 11) is 3.79. The van der Waals surface area contributed by atoms with Crippen LogP contribution in [-0.2, 0) is 12.8 Å². The lowest BCUT2D eigenvalue weighted by molar-refractivity contribution is 0.411. The van der Waals surface area contributed by atoms with Crippen LogP contribution in [0.25, 0.3) is 0 Å². The van der Waals surface area contributed by atoms with Crippen LogP contribution in [-0.4, -0.2) is 14.2 Å². The van der Waals surface area contributed by atoms with E-state index in [1.165, 1.54) is 40.8 Å². The molecule has 1 aliphatic rings. The lowest BCUT2D eigenvalue weighted by atomic mass is 9.97. The summed E-state index contributed by atoms with van der Waals surface area (Å²) in [5.74, 6) is 0.972. The van der Waals surface area contributed by atoms with Crippen molar-refractivity contribution in [3.05, 3.63) is 50.2 Å². The second-order valence-electron chi connectivity index (χ2n) is 5.85. The zero-order chi connectivity index (χ0) is 15.0. The first-order valence-corrected chi connectivity index (χ1v) is 8.39. The summed E-state index contributed by atoms with van der Waals surface area (Å²) in [6.45, 7) is 4.28. The number of benzene rings is 1. The third-order valence-corrected chi connectivity index (χ3v) is 5.74. The van der Waals surface area contributed by atoms with Gasteiger partial charge in [0.05, 0.1) is 13.2 Å². The van der Waals surface area contributed by atoms with Crippen LogP contribution in [0.4, 0.5) is 0 Å². The van der Waals surface area contributed by atoms with E-state index in [1.807, 2.05) is 11.3 Å². The summed E-state index contributed by atoms with van der Waals surface area (Å²) >= 11 is 1.98. The van der Waals surface area contributed by atoms with E-state index in [2.05, 4.69) is 44.4 Å². The normalized spacial score (nSPS) is 15.0. The first-order chi connectivity index (χ1) is 10.1. The Hall–Kier alpha value is -1.32. The Labute approximate surface area is 131 Å². The summed E-state index contributed by atoms with van der Waals surface area (Å²) in [5, 5.41) is 3.50. The molecule has 0 amide bonds. The van der Waals surface area contributed by atoms with Gasteiger partial charge in [-0.15, -0.1) is 11.3 Å². The van der Waals surface area contributed by atoms with Gasteiger partial charge in [-0.1, -0.05) is 6.07 Å². The molecule has 21 heavy (non-hydrogen) atoms. The van der Waals surface area contributed by atoms with Gasteiger partial charge in [-0.2, -0.15) is 0 Å². The molecule has 1 atom stereocenters. The van der Waals surface area contributed by atoms with Crippen molar-refractivity contribution in [3.8, 4) is 5.75 Å². The Kier molecular flexibility index (Phi) is 4.05. The second-order valence-corrected chi connectivity index (χ2v) is 7.02. The molecule has 1 unspecified atom stereocenters. The van der Waals surface area contributed by atoms with Crippen LogP contribution in [0.15, 0.2) is 18.2 Å². The highest BCUT2D eigenvalue weighted by molar-refractivity contribution is 7.12. The van der Waals surface area contributed by atoms with E-state index in [1.54, 1.807) is 17.6 Å². The number of aryl methyl sites for hydroxylation is 4. The third-order valence-electron chi connectivity index (χ3n) is 4.43. The van der Waals surface area contributed by atoms with Gasteiger partial charge in [0.15, 0.2) is 0 Å². The van der Waals surface area contributed by atoms with Crippen LogP contribution < -0.4 is 10.1 Å². The van der Waals surface area contributed by atoms with E-state index in [0.717, 1.165) is 5.75 Å². The van der Waals surface area contributed by atoms with E-state index in [4.69, 9.17) is 4.74 Å². The van der Waals surface area contributed by atoms with Gasteiger partial charge in [-0.25, -0.2) is 0 Å². The van der Waals surface area contributed by atoms with E-state index in [0.29, 0.717) is 0 Å². The van der Waals surface area contributed by atoms with Gasteiger partial charge < -0.3 is 10.1 Å². The van der Waals surface area contributed by atoms with Crippen molar-refractivity contribution in [2.24, 2.45) is 0 Å². The lowest BCUT2D eigenvalue weighted by Gasteiger charge is -2.20. The van der Waals surface area contributed by atoms with Crippen LogP contribution in [0.1, 0.15) is 44.5 Å². The maximum Gasteiger partial charge on any atom is 0.122 e. The maximum absolute atomic E-state index is 5.43. The lowest BCUT2D eigenvalue weighted by Crippen LogP contribution is -2.18. The molecular weight excluding hydrogens is 278 g/mol. The molecule has 1 aliphatic carbocycles. The molecule has 0 saturated carbocycles. The third kappa shape index (κ3) is 2.60. The molecule has 3 rings (SSSR count). The standard InChI is InChI=1S/C18H23NOS/c1-11-9-15(20-4)12(2)8-14(11)18(19-3)17-10-13-6-5-7-16(13)21-17/h8-10,18-19H,5-7H2,1-4H3. The van der Waals surface area contributed by atoms with Gasteiger partial charge >= 0.3 is 0 Å². The Balaban J connectivity index is 2.01. The van der Waals surface area contributed by atoms with Gasteiger partial charge in [0.2, 0.25) is 0 Å². The number of fused-ring (bicyclic) bond motifs is 1. The molecule has 0 radical (unpaired) electrons. The molecule has 1 aromatic carbocycles. The summed E-state index contributed by atoms with van der Waals surface area (Å²) in [4.78, 5) is 3.03. The molecule has 1 N–H and O–H groups in total. The van der Waals surface area contributed by atoms with Crippen molar-refractivity contribution in [1.82, 2.24) is 5.32 Å². The molecule has 112 valence electrons. The molecule has 0 bridgehead atoms. The van der Waals surface area contributed by atoms with Gasteiger partial charge in [-0.3, -0.25) is 0 Å². The largest absolute Gasteiger partial charge is 0.496 e. The molecule has 3 heteroatoms. The SMILES string of the molecule is CNC(c1cc2c(s1)CCC2)c1cc(C)c(OC)cc1C.